The molecule has 0 amide bonds. The van der Waals surface area contributed by atoms with Crippen LogP contribution in [0, 0.1) is 20.8 Å². The highest BCUT2D eigenvalue weighted by Gasteiger charge is 2.13. The lowest BCUT2D eigenvalue weighted by atomic mass is 10.00. The molecule has 0 aromatic heterocycles. The second-order valence-corrected chi connectivity index (χ2v) is 3.54. The van der Waals surface area contributed by atoms with Crippen molar-refractivity contribution in [1.29, 1.82) is 0 Å². The van der Waals surface area contributed by atoms with Crippen molar-refractivity contribution in [2.45, 2.75) is 20.8 Å². The quantitative estimate of drug-likeness (QED) is 0.561. The van der Waals surface area contributed by atoms with E-state index in [9.17, 15) is 9.59 Å². The van der Waals surface area contributed by atoms with Gasteiger partial charge >= 0.3 is 5.97 Å². The zero-order valence-electron chi connectivity index (χ0n) is 9.16. The van der Waals surface area contributed by atoms with Crippen molar-refractivity contribution < 1.29 is 14.3 Å². The van der Waals surface area contributed by atoms with Gasteiger partial charge in [0.15, 0.2) is 6.29 Å². The number of rotatable bonds is 3. The van der Waals surface area contributed by atoms with Crippen LogP contribution in [-0.2, 0) is 9.53 Å². The number of carbonyl (C=O) groups is 2. The van der Waals surface area contributed by atoms with Gasteiger partial charge in [0.1, 0.15) is 6.61 Å². The van der Waals surface area contributed by atoms with Gasteiger partial charge in [-0.15, -0.1) is 0 Å². The Labute approximate surface area is 89.1 Å². The van der Waals surface area contributed by atoms with Crippen LogP contribution in [0.4, 0.5) is 0 Å². The Kier molecular flexibility index (Phi) is 3.61. The van der Waals surface area contributed by atoms with Gasteiger partial charge in [0.2, 0.25) is 0 Å². The van der Waals surface area contributed by atoms with E-state index in [0.29, 0.717) is 11.8 Å². The molecular weight excluding hydrogens is 192 g/mol. The highest BCUT2D eigenvalue weighted by atomic mass is 16.5. The maximum Gasteiger partial charge on any atom is 0.339 e. The minimum Gasteiger partial charge on any atom is -0.454 e. The molecule has 3 nitrogen and oxygen atoms in total. The molecule has 1 aromatic carbocycles. The van der Waals surface area contributed by atoms with E-state index in [2.05, 4.69) is 0 Å². The van der Waals surface area contributed by atoms with Gasteiger partial charge in [-0.05, 0) is 31.9 Å². The first kappa shape index (κ1) is 11.4. The summed E-state index contributed by atoms with van der Waals surface area (Å²) in [4.78, 5) is 21.7. The molecule has 0 saturated carbocycles. The van der Waals surface area contributed by atoms with Crippen LogP contribution in [0.1, 0.15) is 27.0 Å². The summed E-state index contributed by atoms with van der Waals surface area (Å²) in [6.45, 7) is 5.50. The predicted molar refractivity (Wildman–Crippen MR) is 57.0 cm³/mol. The van der Waals surface area contributed by atoms with Crippen molar-refractivity contribution in [3.63, 3.8) is 0 Å². The van der Waals surface area contributed by atoms with Crippen LogP contribution in [0.25, 0.3) is 0 Å². The predicted octanol–water partition coefficient (Wildman–Crippen LogP) is 1.97. The van der Waals surface area contributed by atoms with E-state index < -0.39 is 5.97 Å². The Morgan fingerprint density at radius 2 is 1.80 bits per heavy atom. The number of hydrogen-bond acceptors (Lipinski definition) is 3. The van der Waals surface area contributed by atoms with Crippen molar-refractivity contribution in [1.82, 2.24) is 0 Å². The monoisotopic (exact) mass is 206 g/mol. The number of aldehydes is 1. The van der Waals surface area contributed by atoms with E-state index in [0.717, 1.165) is 16.7 Å². The van der Waals surface area contributed by atoms with Gasteiger partial charge in [-0.25, -0.2) is 4.79 Å². The van der Waals surface area contributed by atoms with E-state index in [1.165, 1.54) is 0 Å². The fourth-order valence-corrected chi connectivity index (χ4v) is 1.68. The first-order chi connectivity index (χ1) is 7.06. The smallest absolute Gasteiger partial charge is 0.339 e. The molecule has 0 spiro atoms. The van der Waals surface area contributed by atoms with Crippen molar-refractivity contribution in [3.8, 4) is 0 Å². The molecule has 1 rings (SSSR count). The van der Waals surface area contributed by atoms with E-state index in [1.54, 1.807) is 0 Å². The third kappa shape index (κ3) is 2.65. The number of aryl methyl sites for hydroxylation is 3. The topological polar surface area (TPSA) is 43.4 Å². The van der Waals surface area contributed by atoms with E-state index in [-0.39, 0.29) is 6.61 Å². The van der Waals surface area contributed by atoms with Gasteiger partial charge in [0, 0.05) is 0 Å². The first-order valence-corrected chi connectivity index (χ1v) is 4.75. The van der Waals surface area contributed by atoms with Crippen LogP contribution in [0.3, 0.4) is 0 Å². The van der Waals surface area contributed by atoms with Crippen LogP contribution >= 0.6 is 0 Å². The van der Waals surface area contributed by atoms with E-state index >= 15 is 0 Å². The van der Waals surface area contributed by atoms with Crippen molar-refractivity contribution >= 4 is 12.3 Å². The summed E-state index contributed by atoms with van der Waals surface area (Å²) in [5.41, 5.74) is 3.42. The zero-order valence-corrected chi connectivity index (χ0v) is 9.16. The van der Waals surface area contributed by atoms with Gasteiger partial charge < -0.3 is 4.74 Å². The largest absolute Gasteiger partial charge is 0.454 e. The van der Waals surface area contributed by atoms with Crippen molar-refractivity contribution in [2.75, 3.05) is 6.61 Å². The van der Waals surface area contributed by atoms with Gasteiger partial charge in [-0.1, -0.05) is 17.7 Å². The Morgan fingerprint density at radius 1 is 1.27 bits per heavy atom. The lowest BCUT2D eigenvalue weighted by Crippen LogP contribution is -2.10. The molecule has 15 heavy (non-hydrogen) atoms. The molecule has 0 aliphatic carbocycles. The third-order valence-electron chi connectivity index (χ3n) is 2.16. The molecule has 0 bridgehead atoms. The number of benzene rings is 1. The maximum absolute atomic E-state index is 11.6. The highest BCUT2D eigenvalue weighted by Crippen LogP contribution is 2.17. The Hall–Kier alpha value is -1.64. The lowest BCUT2D eigenvalue weighted by Gasteiger charge is -2.09. The molecule has 0 aliphatic rings. The summed E-state index contributed by atoms with van der Waals surface area (Å²) >= 11 is 0. The second-order valence-electron chi connectivity index (χ2n) is 3.54. The average Bonchev–Trinajstić information content (AvgIpc) is 2.12. The molecule has 0 heterocycles. The summed E-state index contributed by atoms with van der Waals surface area (Å²) in [5, 5.41) is 0. The Bertz CT molecular complexity index is 371. The minimum absolute atomic E-state index is 0.189. The van der Waals surface area contributed by atoms with Crippen LogP contribution in [0.15, 0.2) is 12.1 Å². The highest BCUT2D eigenvalue weighted by molar-refractivity contribution is 5.93. The van der Waals surface area contributed by atoms with Crippen LogP contribution in [-0.4, -0.2) is 18.9 Å². The van der Waals surface area contributed by atoms with Gasteiger partial charge in [-0.3, -0.25) is 4.79 Å². The molecule has 3 heteroatoms. The molecule has 0 N–H and O–H groups in total. The van der Waals surface area contributed by atoms with Gasteiger partial charge in [-0.2, -0.15) is 0 Å². The zero-order chi connectivity index (χ0) is 11.4. The second kappa shape index (κ2) is 4.73. The molecule has 0 saturated heterocycles. The maximum atomic E-state index is 11.6. The first-order valence-electron chi connectivity index (χ1n) is 4.75. The number of esters is 1. The molecule has 0 aliphatic heterocycles. The summed E-state index contributed by atoms with van der Waals surface area (Å²) in [7, 11) is 0. The van der Waals surface area contributed by atoms with Crippen molar-refractivity contribution in [2.24, 2.45) is 0 Å². The van der Waals surface area contributed by atoms with Crippen LogP contribution in [0.2, 0.25) is 0 Å². The lowest BCUT2D eigenvalue weighted by molar-refractivity contribution is -0.110. The van der Waals surface area contributed by atoms with Crippen LogP contribution < -0.4 is 0 Å². The molecular formula is C12H14O3. The number of ether oxygens (including phenoxy) is 1. The summed E-state index contributed by atoms with van der Waals surface area (Å²) in [5.74, 6) is -0.433. The molecule has 0 atom stereocenters. The minimum atomic E-state index is -0.433. The summed E-state index contributed by atoms with van der Waals surface area (Å²) in [6, 6.07) is 3.84. The number of carbonyl (C=O) groups excluding carboxylic acids is 2. The van der Waals surface area contributed by atoms with E-state index in [4.69, 9.17) is 4.74 Å². The standard InChI is InChI=1S/C12H14O3/c1-8-6-9(2)11(10(3)7-8)12(14)15-5-4-13/h4,6-7H,5H2,1-3H3. The fourth-order valence-electron chi connectivity index (χ4n) is 1.68. The number of hydrogen-bond donors (Lipinski definition) is 0. The summed E-state index contributed by atoms with van der Waals surface area (Å²) < 4.78 is 4.77. The molecule has 0 unspecified atom stereocenters. The SMILES string of the molecule is Cc1cc(C)c(C(=O)OCC=O)c(C)c1. The Balaban J connectivity index is 3.03. The fraction of sp³-hybridized carbons (Fsp3) is 0.333. The van der Waals surface area contributed by atoms with Crippen LogP contribution in [0.5, 0.6) is 0 Å². The third-order valence-corrected chi connectivity index (χ3v) is 2.16. The molecule has 0 fully saturated rings. The molecule has 1 aromatic rings. The van der Waals surface area contributed by atoms with Gasteiger partial charge in [0.25, 0.3) is 0 Å². The molecule has 0 radical (unpaired) electrons. The Morgan fingerprint density at radius 3 is 2.27 bits per heavy atom. The van der Waals surface area contributed by atoms with Gasteiger partial charge in [0.05, 0.1) is 5.56 Å². The van der Waals surface area contributed by atoms with E-state index in [1.807, 2.05) is 32.9 Å². The summed E-state index contributed by atoms with van der Waals surface area (Å²) in [6.07, 6.45) is 0.566. The normalized spacial score (nSPS) is 9.80. The molecule has 80 valence electrons. The van der Waals surface area contributed by atoms with Crippen molar-refractivity contribution in [3.05, 3.63) is 34.4 Å². The average molecular weight is 206 g/mol.